The monoisotopic (exact) mass is 370 g/mol. The number of halogens is 1. The number of methoxy groups -OCH3 is 1. The van der Waals surface area contributed by atoms with Crippen molar-refractivity contribution >= 4 is 21.8 Å². The van der Waals surface area contributed by atoms with Gasteiger partial charge in [-0.25, -0.2) is 0 Å². The molecule has 1 aromatic carbocycles. The van der Waals surface area contributed by atoms with Crippen LogP contribution < -0.4 is 20.1 Å². The molecule has 6 heteroatoms. The summed E-state index contributed by atoms with van der Waals surface area (Å²) in [5.41, 5.74) is 0.560. The average molecular weight is 371 g/mol. The van der Waals surface area contributed by atoms with E-state index in [1.165, 1.54) is 0 Å². The fourth-order valence-corrected chi connectivity index (χ4v) is 3.18. The third kappa shape index (κ3) is 3.93. The van der Waals surface area contributed by atoms with Gasteiger partial charge in [0.15, 0.2) is 11.5 Å². The maximum absolute atomic E-state index is 12.5. The molecule has 2 rings (SSSR count). The van der Waals surface area contributed by atoms with Crippen LogP contribution >= 0.6 is 15.9 Å². The van der Waals surface area contributed by atoms with Crippen LogP contribution in [0.25, 0.3) is 0 Å². The molecule has 2 N–H and O–H groups in total. The highest BCUT2D eigenvalue weighted by atomic mass is 79.9. The highest BCUT2D eigenvalue weighted by molar-refractivity contribution is 9.10. The smallest absolute Gasteiger partial charge is 0.251 e. The van der Waals surface area contributed by atoms with Crippen molar-refractivity contribution < 1.29 is 14.3 Å². The number of amides is 1. The minimum atomic E-state index is -0.0948. The molecule has 0 aromatic heterocycles. The molecule has 1 aliphatic heterocycles. The van der Waals surface area contributed by atoms with Gasteiger partial charge in [-0.05, 0) is 61.3 Å². The van der Waals surface area contributed by atoms with Crippen LogP contribution in [0.15, 0.2) is 16.6 Å². The number of rotatable bonds is 5. The molecule has 1 fully saturated rings. The number of piperidine rings is 1. The zero-order valence-corrected chi connectivity index (χ0v) is 14.8. The molecule has 1 heterocycles. The Bertz CT molecular complexity index is 536. The van der Waals surface area contributed by atoms with Crippen LogP contribution in [0.2, 0.25) is 0 Å². The summed E-state index contributed by atoms with van der Waals surface area (Å²) < 4.78 is 11.6. The van der Waals surface area contributed by atoms with Gasteiger partial charge < -0.3 is 20.1 Å². The number of ether oxygens (including phenoxy) is 2. The van der Waals surface area contributed by atoms with Gasteiger partial charge in [-0.3, -0.25) is 4.79 Å². The van der Waals surface area contributed by atoms with Gasteiger partial charge in [-0.2, -0.15) is 0 Å². The SMILES string of the molecule is CCOc1c(Br)cc(C(=O)NC2CCCNC2C)cc1OC. The molecule has 2 unspecified atom stereocenters. The van der Waals surface area contributed by atoms with Gasteiger partial charge in [0.2, 0.25) is 0 Å². The van der Waals surface area contributed by atoms with Gasteiger partial charge in [0.05, 0.1) is 18.2 Å². The molecule has 22 heavy (non-hydrogen) atoms. The van der Waals surface area contributed by atoms with Crippen molar-refractivity contribution in [3.05, 3.63) is 22.2 Å². The van der Waals surface area contributed by atoms with Crippen molar-refractivity contribution in [1.82, 2.24) is 10.6 Å². The highest BCUT2D eigenvalue weighted by Crippen LogP contribution is 2.36. The topological polar surface area (TPSA) is 59.6 Å². The molecule has 1 saturated heterocycles. The molecule has 1 aromatic rings. The largest absolute Gasteiger partial charge is 0.493 e. The van der Waals surface area contributed by atoms with E-state index >= 15 is 0 Å². The molecule has 0 bridgehead atoms. The first-order chi connectivity index (χ1) is 10.6. The predicted molar refractivity (Wildman–Crippen MR) is 89.8 cm³/mol. The Labute approximate surface area is 139 Å². The minimum Gasteiger partial charge on any atom is -0.493 e. The molecule has 0 spiro atoms. The molecule has 0 saturated carbocycles. The Balaban J connectivity index is 2.17. The number of benzene rings is 1. The van der Waals surface area contributed by atoms with E-state index < -0.39 is 0 Å². The van der Waals surface area contributed by atoms with Crippen LogP contribution in [0.5, 0.6) is 11.5 Å². The summed E-state index contributed by atoms with van der Waals surface area (Å²) in [6.07, 6.45) is 2.07. The van der Waals surface area contributed by atoms with Gasteiger partial charge >= 0.3 is 0 Å². The van der Waals surface area contributed by atoms with Gasteiger partial charge in [0.25, 0.3) is 5.91 Å². The van der Waals surface area contributed by atoms with Gasteiger partial charge in [-0.15, -0.1) is 0 Å². The Morgan fingerprint density at radius 3 is 2.91 bits per heavy atom. The van der Waals surface area contributed by atoms with E-state index in [1.54, 1.807) is 19.2 Å². The molecule has 5 nitrogen and oxygen atoms in total. The Morgan fingerprint density at radius 2 is 2.27 bits per heavy atom. The fraction of sp³-hybridized carbons (Fsp3) is 0.562. The number of nitrogens with one attached hydrogen (secondary N) is 2. The van der Waals surface area contributed by atoms with Crippen molar-refractivity contribution in [2.45, 2.75) is 38.8 Å². The fourth-order valence-electron chi connectivity index (χ4n) is 2.63. The molecular formula is C16H23BrN2O3. The Morgan fingerprint density at radius 1 is 1.50 bits per heavy atom. The lowest BCUT2D eigenvalue weighted by molar-refractivity contribution is 0.0919. The third-order valence-corrected chi connectivity index (χ3v) is 4.45. The number of hydrogen-bond donors (Lipinski definition) is 2. The van der Waals surface area contributed by atoms with Crippen LogP contribution in [0.1, 0.15) is 37.0 Å². The van der Waals surface area contributed by atoms with Crippen LogP contribution in [-0.4, -0.2) is 38.3 Å². The maximum Gasteiger partial charge on any atom is 0.251 e. The van der Waals surface area contributed by atoms with E-state index in [0.717, 1.165) is 19.4 Å². The van der Waals surface area contributed by atoms with Crippen molar-refractivity contribution in [3.8, 4) is 11.5 Å². The first-order valence-corrected chi connectivity index (χ1v) is 8.40. The predicted octanol–water partition coefficient (Wildman–Crippen LogP) is 2.73. The van der Waals surface area contributed by atoms with Crippen molar-refractivity contribution in [3.63, 3.8) is 0 Å². The van der Waals surface area contributed by atoms with E-state index in [-0.39, 0.29) is 18.0 Å². The number of carbonyl (C=O) groups excluding carboxylic acids is 1. The van der Waals surface area contributed by atoms with E-state index in [2.05, 4.69) is 33.5 Å². The molecule has 1 aliphatic rings. The second-order valence-electron chi connectivity index (χ2n) is 5.39. The van der Waals surface area contributed by atoms with Crippen LogP contribution in [0, 0.1) is 0 Å². The summed E-state index contributed by atoms with van der Waals surface area (Å²) >= 11 is 3.45. The Kier molecular flexibility index (Phi) is 6.08. The summed E-state index contributed by atoms with van der Waals surface area (Å²) in [4.78, 5) is 12.5. The van der Waals surface area contributed by atoms with E-state index in [0.29, 0.717) is 28.1 Å². The van der Waals surface area contributed by atoms with Crippen LogP contribution in [-0.2, 0) is 0 Å². The average Bonchev–Trinajstić information content (AvgIpc) is 2.51. The third-order valence-electron chi connectivity index (χ3n) is 3.86. The van der Waals surface area contributed by atoms with Crippen LogP contribution in [0.4, 0.5) is 0 Å². The molecule has 122 valence electrons. The normalized spacial score (nSPS) is 21.3. The maximum atomic E-state index is 12.5. The lowest BCUT2D eigenvalue weighted by atomic mass is 9.99. The first kappa shape index (κ1) is 17.1. The number of hydrogen-bond acceptors (Lipinski definition) is 4. The second-order valence-corrected chi connectivity index (χ2v) is 6.24. The van der Waals surface area contributed by atoms with E-state index in [4.69, 9.17) is 9.47 Å². The summed E-state index contributed by atoms with van der Waals surface area (Å²) in [6.45, 7) is 5.55. The van der Waals surface area contributed by atoms with E-state index in [9.17, 15) is 4.79 Å². The first-order valence-electron chi connectivity index (χ1n) is 7.61. The lowest BCUT2D eigenvalue weighted by Crippen LogP contribution is -2.51. The van der Waals surface area contributed by atoms with Crippen LogP contribution in [0.3, 0.4) is 0 Å². The molecular weight excluding hydrogens is 348 g/mol. The zero-order valence-electron chi connectivity index (χ0n) is 13.2. The highest BCUT2D eigenvalue weighted by Gasteiger charge is 2.24. The molecule has 0 aliphatic carbocycles. The molecule has 0 radical (unpaired) electrons. The van der Waals surface area contributed by atoms with Crippen molar-refractivity contribution in [2.24, 2.45) is 0 Å². The van der Waals surface area contributed by atoms with Gasteiger partial charge in [0, 0.05) is 17.6 Å². The zero-order chi connectivity index (χ0) is 16.1. The van der Waals surface area contributed by atoms with Gasteiger partial charge in [0.1, 0.15) is 0 Å². The standard InChI is InChI=1S/C16H23BrN2O3/c1-4-22-15-12(17)8-11(9-14(15)21-3)16(20)19-13-6-5-7-18-10(13)2/h8-10,13,18H,4-7H2,1-3H3,(H,19,20). The summed E-state index contributed by atoms with van der Waals surface area (Å²) in [6, 6.07) is 3.92. The minimum absolute atomic E-state index is 0.0948. The molecule has 2 atom stereocenters. The van der Waals surface area contributed by atoms with Gasteiger partial charge in [-0.1, -0.05) is 0 Å². The van der Waals surface area contributed by atoms with Crippen molar-refractivity contribution in [1.29, 1.82) is 0 Å². The number of carbonyl (C=O) groups is 1. The Hall–Kier alpha value is -1.27. The second kappa shape index (κ2) is 7.83. The molecule has 1 amide bonds. The van der Waals surface area contributed by atoms with Crippen molar-refractivity contribution in [2.75, 3.05) is 20.3 Å². The summed E-state index contributed by atoms with van der Waals surface area (Å²) in [5, 5.41) is 6.48. The van der Waals surface area contributed by atoms with E-state index in [1.807, 2.05) is 6.92 Å². The summed E-state index contributed by atoms with van der Waals surface area (Å²) in [7, 11) is 1.57. The summed E-state index contributed by atoms with van der Waals surface area (Å²) in [5.74, 6) is 1.08. The lowest BCUT2D eigenvalue weighted by Gasteiger charge is -2.30. The quantitative estimate of drug-likeness (QED) is 0.836.